The lowest BCUT2D eigenvalue weighted by Gasteiger charge is -2.30. The van der Waals surface area contributed by atoms with E-state index in [1.165, 1.54) is 6.07 Å². The van der Waals surface area contributed by atoms with Gasteiger partial charge in [0, 0.05) is 11.6 Å². The van der Waals surface area contributed by atoms with Gasteiger partial charge in [-0.2, -0.15) is 0 Å². The van der Waals surface area contributed by atoms with E-state index in [2.05, 4.69) is 0 Å². The molecule has 0 fully saturated rings. The Labute approximate surface area is 199 Å². The van der Waals surface area contributed by atoms with Crippen molar-refractivity contribution in [1.29, 1.82) is 0 Å². The second-order valence-corrected chi connectivity index (χ2v) is 7.88. The van der Waals surface area contributed by atoms with Gasteiger partial charge in [0.15, 0.2) is 6.61 Å². The molecule has 0 saturated carbocycles. The third kappa shape index (κ3) is 5.86. The summed E-state index contributed by atoms with van der Waals surface area (Å²) in [5.74, 6) is 0.0194. The van der Waals surface area contributed by atoms with Gasteiger partial charge < -0.3 is 24.2 Å². The van der Waals surface area contributed by atoms with Crippen LogP contribution in [0.1, 0.15) is 40.0 Å². The van der Waals surface area contributed by atoms with Crippen molar-refractivity contribution < 1.29 is 28.9 Å². The predicted molar refractivity (Wildman–Crippen MR) is 129 cm³/mol. The van der Waals surface area contributed by atoms with Gasteiger partial charge >= 0.3 is 5.97 Å². The molecule has 0 aliphatic carbocycles. The van der Waals surface area contributed by atoms with Gasteiger partial charge in [0.05, 0.1) is 26.8 Å². The van der Waals surface area contributed by atoms with Crippen molar-refractivity contribution in [1.82, 2.24) is 4.90 Å². The van der Waals surface area contributed by atoms with Crippen LogP contribution in [0, 0.1) is 6.92 Å². The first kappa shape index (κ1) is 24.6. The highest BCUT2D eigenvalue weighted by Gasteiger charge is 2.24. The molecule has 0 aliphatic rings. The van der Waals surface area contributed by atoms with E-state index in [-0.39, 0.29) is 36.4 Å². The number of rotatable bonds is 10. The van der Waals surface area contributed by atoms with Gasteiger partial charge in [0.25, 0.3) is 5.91 Å². The van der Waals surface area contributed by atoms with Crippen molar-refractivity contribution in [2.45, 2.75) is 26.4 Å². The second kappa shape index (κ2) is 11.2. The van der Waals surface area contributed by atoms with E-state index in [0.29, 0.717) is 11.5 Å². The van der Waals surface area contributed by atoms with Gasteiger partial charge in [-0.05, 0) is 49.2 Å². The van der Waals surface area contributed by atoms with Crippen molar-refractivity contribution in [2.24, 2.45) is 0 Å². The Balaban J connectivity index is 1.89. The maximum atomic E-state index is 13.4. The van der Waals surface area contributed by atoms with Crippen LogP contribution in [0.3, 0.4) is 0 Å². The maximum absolute atomic E-state index is 13.4. The normalized spacial score (nSPS) is 11.4. The molecule has 0 unspecified atom stereocenters. The summed E-state index contributed by atoms with van der Waals surface area (Å²) >= 11 is 0. The second-order valence-electron chi connectivity index (χ2n) is 7.88. The molecule has 1 amide bonds. The number of hydrogen-bond donors (Lipinski definition) is 1. The van der Waals surface area contributed by atoms with Gasteiger partial charge in [-0.3, -0.25) is 4.79 Å². The van der Waals surface area contributed by atoms with Crippen LogP contribution in [0.5, 0.6) is 17.2 Å². The van der Waals surface area contributed by atoms with Crippen LogP contribution in [0.25, 0.3) is 0 Å². The van der Waals surface area contributed by atoms with E-state index < -0.39 is 5.97 Å². The summed E-state index contributed by atoms with van der Waals surface area (Å²) in [6, 6.07) is 19.7. The molecule has 0 heterocycles. The van der Waals surface area contributed by atoms with Crippen LogP contribution in [0.2, 0.25) is 0 Å². The number of methoxy groups -OCH3 is 2. The molecule has 178 valence electrons. The summed E-state index contributed by atoms with van der Waals surface area (Å²) < 4.78 is 16.5. The molecule has 0 radical (unpaired) electrons. The molecule has 3 aromatic carbocycles. The van der Waals surface area contributed by atoms with Gasteiger partial charge in [0.1, 0.15) is 22.8 Å². The summed E-state index contributed by atoms with van der Waals surface area (Å²) in [6.45, 7) is 3.74. The minimum Gasteiger partial charge on any atom is -0.497 e. The molecule has 3 aromatic rings. The fraction of sp³-hybridized carbons (Fsp3) is 0.259. The number of carboxylic acids is 1. The number of amides is 1. The molecule has 7 nitrogen and oxygen atoms in total. The molecule has 1 atom stereocenters. The number of benzene rings is 3. The quantitative estimate of drug-likeness (QED) is 0.461. The molecule has 0 saturated heterocycles. The van der Waals surface area contributed by atoms with Gasteiger partial charge in [-0.1, -0.05) is 36.4 Å². The lowest BCUT2D eigenvalue weighted by molar-refractivity contribution is -0.136. The Kier molecular flexibility index (Phi) is 8.14. The number of aromatic carboxylic acids is 1. The third-order valence-corrected chi connectivity index (χ3v) is 5.62. The van der Waals surface area contributed by atoms with Crippen LogP contribution in [0.4, 0.5) is 0 Å². The van der Waals surface area contributed by atoms with Crippen molar-refractivity contribution in [3.05, 3.63) is 89.0 Å². The van der Waals surface area contributed by atoms with Gasteiger partial charge in [-0.25, -0.2) is 4.79 Å². The molecule has 7 heteroatoms. The first-order valence-electron chi connectivity index (χ1n) is 10.9. The number of aryl methyl sites for hydroxylation is 1. The standard InChI is InChI=1S/C27H29NO6/c1-18-10-13-23(27(30)31)25(14-18)34-17-26(29)28(19(2)20-8-6-5-7-9-20)16-21-11-12-22(32-3)15-24(21)33-4/h5-15,19H,16-17H2,1-4H3,(H,30,31)/t19-/m1/s1. The topological polar surface area (TPSA) is 85.3 Å². The van der Waals surface area contributed by atoms with E-state index in [9.17, 15) is 14.7 Å². The summed E-state index contributed by atoms with van der Waals surface area (Å²) in [7, 11) is 3.15. The number of carbonyl (C=O) groups excluding carboxylic acids is 1. The van der Waals surface area contributed by atoms with Crippen molar-refractivity contribution in [2.75, 3.05) is 20.8 Å². The van der Waals surface area contributed by atoms with E-state index in [1.54, 1.807) is 37.3 Å². The molecule has 0 aromatic heterocycles. The van der Waals surface area contributed by atoms with Crippen molar-refractivity contribution in [3.63, 3.8) is 0 Å². The number of hydrogen-bond acceptors (Lipinski definition) is 5. The van der Waals surface area contributed by atoms with E-state index in [4.69, 9.17) is 14.2 Å². The van der Waals surface area contributed by atoms with Crippen LogP contribution >= 0.6 is 0 Å². The van der Waals surface area contributed by atoms with Gasteiger partial charge in [-0.15, -0.1) is 0 Å². The molecule has 1 N–H and O–H groups in total. The molecule has 3 rings (SSSR count). The Bertz CT molecular complexity index is 1150. The third-order valence-electron chi connectivity index (χ3n) is 5.62. The maximum Gasteiger partial charge on any atom is 0.339 e. The Hall–Kier alpha value is -4.00. The van der Waals surface area contributed by atoms with Crippen LogP contribution < -0.4 is 14.2 Å². The van der Waals surface area contributed by atoms with Crippen LogP contribution in [-0.2, 0) is 11.3 Å². The van der Waals surface area contributed by atoms with Crippen LogP contribution in [0.15, 0.2) is 66.7 Å². The SMILES string of the molecule is COc1ccc(CN(C(=O)COc2cc(C)ccc2C(=O)O)[C@H](C)c2ccccc2)c(OC)c1. The van der Waals surface area contributed by atoms with E-state index >= 15 is 0 Å². The number of carboxylic acid groups (broad SMARTS) is 1. The average Bonchev–Trinajstić information content (AvgIpc) is 2.85. The van der Waals surface area contributed by atoms with Crippen LogP contribution in [-0.4, -0.2) is 42.7 Å². The largest absolute Gasteiger partial charge is 0.497 e. The molecule has 0 aliphatic heterocycles. The molecular formula is C27H29NO6. The average molecular weight is 464 g/mol. The predicted octanol–water partition coefficient (Wildman–Crippen LogP) is 4.88. The lowest BCUT2D eigenvalue weighted by atomic mass is 10.1. The first-order valence-corrected chi connectivity index (χ1v) is 10.9. The smallest absolute Gasteiger partial charge is 0.339 e. The lowest BCUT2D eigenvalue weighted by Crippen LogP contribution is -2.36. The number of nitrogens with zero attached hydrogens (tertiary/aromatic N) is 1. The van der Waals surface area contributed by atoms with E-state index in [0.717, 1.165) is 16.7 Å². The Morgan fingerprint density at radius 1 is 0.941 bits per heavy atom. The monoisotopic (exact) mass is 463 g/mol. The van der Waals surface area contributed by atoms with E-state index in [1.807, 2.05) is 56.3 Å². The summed E-state index contributed by atoms with van der Waals surface area (Å²) in [5, 5.41) is 9.46. The highest BCUT2D eigenvalue weighted by molar-refractivity contribution is 5.91. The first-order chi connectivity index (χ1) is 16.3. The zero-order valence-electron chi connectivity index (χ0n) is 19.8. The van der Waals surface area contributed by atoms with Crippen molar-refractivity contribution in [3.8, 4) is 17.2 Å². The highest BCUT2D eigenvalue weighted by Crippen LogP contribution is 2.30. The molecular weight excluding hydrogens is 434 g/mol. The minimum absolute atomic E-state index is 0.0119. The summed E-state index contributed by atoms with van der Waals surface area (Å²) in [6.07, 6.45) is 0. The Morgan fingerprint density at radius 3 is 2.32 bits per heavy atom. The zero-order chi connectivity index (χ0) is 24.7. The number of carbonyl (C=O) groups is 2. The molecule has 34 heavy (non-hydrogen) atoms. The highest BCUT2D eigenvalue weighted by atomic mass is 16.5. The summed E-state index contributed by atoms with van der Waals surface area (Å²) in [5.41, 5.74) is 2.62. The Morgan fingerprint density at radius 2 is 1.68 bits per heavy atom. The molecule has 0 spiro atoms. The minimum atomic E-state index is -1.11. The molecule has 0 bridgehead atoms. The fourth-order valence-electron chi connectivity index (χ4n) is 3.67. The van der Waals surface area contributed by atoms with Crippen molar-refractivity contribution >= 4 is 11.9 Å². The zero-order valence-corrected chi connectivity index (χ0v) is 19.8. The van der Waals surface area contributed by atoms with Gasteiger partial charge in [0.2, 0.25) is 0 Å². The number of ether oxygens (including phenoxy) is 3. The fourth-order valence-corrected chi connectivity index (χ4v) is 3.67. The summed E-state index contributed by atoms with van der Waals surface area (Å²) in [4.78, 5) is 26.7.